The van der Waals surface area contributed by atoms with Crippen molar-refractivity contribution in [1.29, 1.82) is 0 Å². The molecule has 5 nitrogen and oxygen atoms in total. The summed E-state index contributed by atoms with van der Waals surface area (Å²) in [5.41, 5.74) is 2.23. The molecule has 0 aliphatic heterocycles. The fourth-order valence-corrected chi connectivity index (χ4v) is 2.31. The Balaban J connectivity index is 2.47. The van der Waals surface area contributed by atoms with Crippen molar-refractivity contribution in [3.63, 3.8) is 0 Å². The first kappa shape index (κ1) is 18.2. The van der Waals surface area contributed by atoms with E-state index in [-0.39, 0.29) is 6.61 Å². The molecule has 0 unspecified atom stereocenters. The van der Waals surface area contributed by atoms with Crippen LogP contribution in [-0.2, 0) is 9.53 Å². The number of nitrogens with zero attached hydrogens (tertiary/aromatic N) is 3. The molecule has 0 N–H and O–H groups in total. The molecule has 0 spiro atoms. The number of halogens is 2. The van der Waals surface area contributed by atoms with Gasteiger partial charge in [-0.3, -0.25) is 0 Å². The smallest absolute Gasteiger partial charge is 0.341 e. The minimum absolute atomic E-state index is 0.286. The van der Waals surface area contributed by atoms with Crippen LogP contribution in [-0.4, -0.2) is 41.5 Å². The van der Waals surface area contributed by atoms with Gasteiger partial charge in [-0.05, 0) is 25.1 Å². The molecule has 0 saturated heterocycles. The minimum atomic E-state index is -0.440. The second-order valence-corrected chi connectivity index (χ2v) is 5.96. The first-order valence-electron chi connectivity index (χ1n) is 7.25. The van der Waals surface area contributed by atoms with Gasteiger partial charge in [-0.15, -0.1) is 0 Å². The maximum absolute atomic E-state index is 12.2. The molecule has 0 aliphatic carbocycles. The maximum Gasteiger partial charge on any atom is 0.341 e. The molecule has 7 heteroatoms. The van der Waals surface area contributed by atoms with Crippen LogP contribution in [0.5, 0.6) is 0 Å². The van der Waals surface area contributed by atoms with Crippen LogP contribution < -0.4 is 0 Å². The summed E-state index contributed by atoms with van der Waals surface area (Å²) in [5, 5.41) is 0.901. The van der Waals surface area contributed by atoms with Crippen LogP contribution in [0.2, 0.25) is 10.0 Å². The Morgan fingerprint density at radius 2 is 1.96 bits per heavy atom. The number of esters is 1. The topological polar surface area (TPSA) is 55.3 Å². The summed E-state index contributed by atoms with van der Waals surface area (Å²) in [7, 11) is 3.64. The Morgan fingerprint density at radius 1 is 1.21 bits per heavy atom. The summed E-state index contributed by atoms with van der Waals surface area (Å²) >= 11 is 12.0. The van der Waals surface area contributed by atoms with Crippen LogP contribution >= 0.6 is 23.2 Å². The lowest BCUT2D eigenvalue weighted by atomic mass is 10.1. The van der Waals surface area contributed by atoms with E-state index in [0.29, 0.717) is 27.0 Å². The van der Waals surface area contributed by atoms with Crippen LogP contribution in [0.15, 0.2) is 36.8 Å². The maximum atomic E-state index is 12.2. The molecule has 1 aromatic heterocycles. The zero-order chi connectivity index (χ0) is 17.7. The van der Waals surface area contributed by atoms with Gasteiger partial charge in [-0.1, -0.05) is 29.3 Å². The Labute approximate surface area is 150 Å². The third kappa shape index (κ3) is 4.46. The molecule has 1 aromatic carbocycles. The minimum Gasteiger partial charge on any atom is -0.462 e. The normalized spacial score (nSPS) is 11.3. The number of hydrogen-bond acceptors (Lipinski definition) is 5. The number of aromatic nitrogens is 2. The van der Waals surface area contributed by atoms with E-state index in [2.05, 4.69) is 9.97 Å². The van der Waals surface area contributed by atoms with Gasteiger partial charge in [0.15, 0.2) is 0 Å². The number of hydrogen-bond donors (Lipinski definition) is 0. The predicted octanol–water partition coefficient (Wildman–Crippen LogP) is 3.92. The van der Waals surface area contributed by atoms with Gasteiger partial charge in [0, 0.05) is 25.9 Å². The van der Waals surface area contributed by atoms with Crippen molar-refractivity contribution in [3.05, 3.63) is 52.5 Å². The van der Waals surface area contributed by atoms with Crippen molar-refractivity contribution >= 4 is 34.7 Å². The summed E-state index contributed by atoms with van der Waals surface area (Å²) in [4.78, 5) is 22.4. The highest BCUT2D eigenvalue weighted by Crippen LogP contribution is 2.28. The predicted molar refractivity (Wildman–Crippen MR) is 95.8 cm³/mol. The number of carbonyl (C=O) groups is 1. The van der Waals surface area contributed by atoms with E-state index in [0.717, 1.165) is 5.56 Å². The highest BCUT2D eigenvalue weighted by atomic mass is 35.5. The Morgan fingerprint density at radius 3 is 2.58 bits per heavy atom. The molecule has 0 radical (unpaired) electrons. The third-order valence-electron chi connectivity index (χ3n) is 3.04. The number of ether oxygens (including phenoxy) is 1. The second kappa shape index (κ2) is 8.13. The van der Waals surface area contributed by atoms with Crippen molar-refractivity contribution in [3.8, 4) is 11.3 Å². The van der Waals surface area contributed by atoms with Crippen LogP contribution in [0.1, 0.15) is 12.6 Å². The molecule has 2 aromatic rings. The molecule has 1 heterocycles. The van der Waals surface area contributed by atoms with E-state index in [1.807, 2.05) is 14.1 Å². The fraction of sp³-hybridized carbons (Fsp3) is 0.235. The van der Waals surface area contributed by atoms with E-state index in [1.165, 1.54) is 6.33 Å². The van der Waals surface area contributed by atoms with Gasteiger partial charge in [0.2, 0.25) is 0 Å². The molecule has 0 saturated carbocycles. The first-order chi connectivity index (χ1) is 11.4. The summed E-state index contributed by atoms with van der Waals surface area (Å²) in [6.45, 7) is 2.04. The van der Waals surface area contributed by atoms with Crippen molar-refractivity contribution < 1.29 is 9.53 Å². The molecule has 0 atom stereocenters. The van der Waals surface area contributed by atoms with Crippen molar-refractivity contribution in [2.75, 3.05) is 20.7 Å². The SMILES string of the molecule is CCOC(=O)C(=CN(C)C)c1cc(-c2ccc(Cl)c(Cl)c2)ncn1. The van der Waals surface area contributed by atoms with Crippen molar-refractivity contribution in [1.82, 2.24) is 14.9 Å². The first-order valence-corrected chi connectivity index (χ1v) is 8.01. The largest absolute Gasteiger partial charge is 0.462 e. The Hall–Kier alpha value is -2.11. The van der Waals surface area contributed by atoms with E-state index in [4.69, 9.17) is 27.9 Å². The van der Waals surface area contributed by atoms with Gasteiger partial charge in [-0.25, -0.2) is 14.8 Å². The van der Waals surface area contributed by atoms with Crippen LogP contribution in [0, 0.1) is 0 Å². The Bertz CT molecular complexity index is 776. The average molecular weight is 366 g/mol. The Kier molecular flexibility index (Phi) is 6.17. The van der Waals surface area contributed by atoms with Gasteiger partial charge in [0.1, 0.15) is 11.9 Å². The van der Waals surface area contributed by atoms with E-state index in [1.54, 1.807) is 42.3 Å². The molecular formula is C17H17Cl2N3O2. The molecular weight excluding hydrogens is 349 g/mol. The second-order valence-electron chi connectivity index (χ2n) is 5.14. The van der Waals surface area contributed by atoms with E-state index < -0.39 is 5.97 Å². The molecule has 2 rings (SSSR count). The lowest BCUT2D eigenvalue weighted by Crippen LogP contribution is -2.12. The number of benzene rings is 1. The molecule has 0 amide bonds. The van der Waals surface area contributed by atoms with Crippen molar-refractivity contribution in [2.45, 2.75) is 6.92 Å². The monoisotopic (exact) mass is 365 g/mol. The fourth-order valence-electron chi connectivity index (χ4n) is 2.01. The number of carbonyl (C=O) groups excluding carboxylic acids is 1. The lowest BCUT2D eigenvalue weighted by molar-refractivity contribution is -0.136. The lowest BCUT2D eigenvalue weighted by Gasteiger charge is -2.11. The van der Waals surface area contributed by atoms with Gasteiger partial charge in [-0.2, -0.15) is 0 Å². The zero-order valence-electron chi connectivity index (χ0n) is 13.6. The summed E-state index contributed by atoms with van der Waals surface area (Å²) in [6, 6.07) is 6.93. The third-order valence-corrected chi connectivity index (χ3v) is 3.78. The highest BCUT2D eigenvalue weighted by molar-refractivity contribution is 6.42. The van der Waals surface area contributed by atoms with Crippen LogP contribution in [0.25, 0.3) is 16.8 Å². The zero-order valence-corrected chi connectivity index (χ0v) is 15.1. The van der Waals surface area contributed by atoms with Gasteiger partial charge >= 0.3 is 5.97 Å². The standard InChI is InChI=1S/C17H17Cl2N3O2/c1-4-24-17(23)12(9-22(2)3)16-8-15(20-10-21-16)11-5-6-13(18)14(19)7-11/h5-10H,4H2,1-3H3. The van der Waals surface area contributed by atoms with Crippen LogP contribution in [0.4, 0.5) is 0 Å². The van der Waals surface area contributed by atoms with Gasteiger partial charge in [0.05, 0.1) is 28.0 Å². The molecule has 0 aliphatic rings. The van der Waals surface area contributed by atoms with Gasteiger partial charge < -0.3 is 9.64 Å². The highest BCUT2D eigenvalue weighted by Gasteiger charge is 2.16. The molecule has 24 heavy (non-hydrogen) atoms. The summed E-state index contributed by atoms with van der Waals surface area (Å²) in [6.07, 6.45) is 3.06. The summed E-state index contributed by atoms with van der Waals surface area (Å²) in [5.74, 6) is -0.440. The molecule has 126 valence electrons. The van der Waals surface area contributed by atoms with Crippen LogP contribution in [0.3, 0.4) is 0 Å². The molecule has 0 fully saturated rings. The van der Waals surface area contributed by atoms with E-state index >= 15 is 0 Å². The molecule has 0 bridgehead atoms. The van der Waals surface area contributed by atoms with Crippen molar-refractivity contribution in [2.24, 2.45) is 0 Å². The van der Waals surface area contributed by atoms with E-state index in [9.17, 15) is 4.79 Å². The number of rotatable bonds is 5. The quantitative estimate of drug-likeness (QED) is 0.593. The average Bonchev–Trinajstić information content (AvgIpc) is 2.55. The van der Waals surface area contributed by atoms with Gasteiger partial charge in [0.25, 0.3) is 0 Å². The summed E-state index contributed by atoms with van der Waals surface area (Å²) < 4.78 is 5.11.